The molecule has 0 aliphatic heterocycles. The van der Waals surface area contributed by atoms with Crippen LogP contribution < -0.4 is 4.90 Å². The van der Waals surface area contributed by atoms with Crippen molar-refractivity contribution in [1.82, 2.24) is 15.0 Å². The lowest BCUT2D eigenvalue weighted by molar-refractivity contribution is 0.477. The summed E-state index contributed by atoms with van der Waals surface area (Å²) in [5, 5.41) is 11.6. The molecule has 0 amide bonds. The van der Waals surface area contributed by atoms with Gasteiger partial charge in [0.05, 0.1) is 0 Å². The lowest BCUT2D eigenvalue weighted by Gasteiger charge is -2.26. The van der Waals surface area contributed by atoms with Gasteiger partial charge < -0.3 is 14.4 Å². The third-order valence-corrected chi connectivity index (χ3v) is 6.27. The van der Waals surface area contributed by atoms with E-state index in [2.05, 4.69) is 35.9 Å². The van der Waals surface area contributed by atoms with Crippen molar-refractivity contribution >= 4 is 33.6 Å². The van der Waals surface area contributed by atoms with Gasteiger partial charge in [0.2, 0.25) is 0 Å². The van der Waals surface area contributed by atoms with E-state index >= 15 is 0 Å². The summed E-state index contributed by atoms with van der Waals surface area (Å²) < 4.78 is 6.19. The Kier molecular flexibility index (Phi) is 5.77. The maximum atomic E-state index is 10.7. The topological polar surface area (TPSA) is 75.3 Å². The van der Waals surface area contributed by atoms with Crippen LogP contribution in [0.25, 0.3) is 44.7 Å². The van der Waals surface area contributed by atoms with Gasteiger partial charge in [-0.25, -0.2) is 15.0 Å². The van der Waals surface area contributed by atoms with Crippen molar-refractivity contribution in [3.63, 3.8) is 0 Å². The fourth-order valence-electron chi connectivity index (χ4n) is 4.60. The van der Waals surface area contributed by atoms with Gasteiger partial charge in [-0.2, -0.15) is 0 Å². The minimum absolute atomic E-state index is 0.140. The van der Waals surface area contributed by atoms with Gasteiger partial charge in [-0.05, 0) is 54.4 Å². The molecule has 6 rings (SSSR count). The highest BCUT2D eigenvalue weighted by Gasteiger charge is 2.20. The number of fused-ring (bicyclic) bond motifs is 3. The number of hydrogen-bond donors (Lipinski definition) is 1. The zero-order valence-corrected chi connectivity index (χ0v) is 20.7. The first kappa shape index (κ1) is 22.7. The molecule has 6 heteroatoms. The number of phenolic OH excluding ortho intramolecular Hbond substituents is 1. The van der Waals surface area contributed by atoms with Gasteiger partial charge >= 0.3 is 0 Å². The van der Waals surface area contributed by atoms with Gasteiger partial charge in [-0.15, -0.1) is 0 Å². The first-order chi connectivity index (χ1) is 18.1. The van der Waals surface area contributed by atoms with Gasteiger partial charge in [0.15, 0.2) is 11.4 Å². The number of anilines is 2. The van der Waals surface area contributed by atoms with Crippen molar-refractivity contribution in [2.45, 2.75) is 13.8 Å². The third-order valence-electron chi connectivity index (χ3n) is 6.27. The Hall–Kier alpha value is -4.71. The van der Waals surface area contributed by atoms with Crippen molar-refractivity contribution in [3.05, 3.63) is 97.2 Å². The zero-order chi connectivity index (χ0) is 25.4. The number of pyridine rings is 1. The lowest BCUT2D eigenvalue weighted by Crippen LogP contribution is -2.23. The molecule has 0 atom stereocenters. The van der Waals surface area contributed by atoms with E-state index in [-0.39, 0.29) is 5.75 Å². The van der Waals surface area contributed by atoms with Crippen molar-refractivity contribution < 1.29 is 9.52 Å². The molecule has 3 aromatic carbocycles. The average molecular weight is 487 g/mol. The van der Waals surface area contributed by atoms with E-state index in [0.717, 1.165) is 34.6 Å². The van der Waals surface area contributed by atoms with Crippen LogP contribution in [0.3, 0.4) is 0 Å². The highest BCUT2D eigenvalue weighted by atomic mass is 16.3. The molecule has 0 aliphatic rings. The molecule has 0 bridgehead atoms. The van der Waals surface area contributed by atoms with Gasteiger partial charge in [-0.3, -0.25) is 0 Å². The number of benzene rings is 3. The molecule has 0 aliphatic carbocycles. The van der Waals surface area contributed by atoms with Crippen LogP contribution in [0.15, 0.2) is 102 Å². The summed E-state index contributed by atoms with van der Waals surface area (Å²) in [5.74, 6) is 2.02. The van der Waals surface area contributed by atoms with Gasteiger partial charge in [0.1, 0.15) is 28.4 Å². The standard InChI is InChI=1S/C31H26N4O2/c1-20(2)19-35(27-16-7-8-17-32-27)22-11-9-10-21(18-22)31-33-28(23-12-3-5-14-25(23)36)30-29(34-31)24-13-4-6-15-26(24)37-30/h3-18,20,36H,19H2,1-2H3. The van der Waals surface area contributed by atoms with E-state index in [1.54, 1.807) is 12.1 Å². The predicted molar refractivity (Wildman–Crippen MR) is 148 cm³/mol. The zero-order valence-electron chi connectivity index (χ0n) is 20.7. The van der Waals surface area contributed by atoms with Crippen LogP contribution in [0.1, 0.15) is 13.8 Å². The Bertz CT molecular complexity index is 1710. The van der Waals surface area contributed by atoms with Crippen molar-refractivity contribution in [2.75, 3.05) is 11.4 Å². The number of aromatic nitrogens is 3. The third kappa shape index (κ3) is 4.27. The summed E-state index contributed by atoms with van der Waals surface area (Å²) in [4.78, 5) is 16.7. The molecule has 182 valence electrons. The van der Waals surface area contributed by atoms with Crippen LogP contribution in [-0.2, 0) is 0 Å². The number of phenols is 1. The molecule has 0 radical (unpaired) electrons. The molecule has 0 saturated heterocycles. The van der Waals surface area contributed by atoms with E-state index in [1.807, 2.05) is 72.9 Å². The number of para-hydroxylation sites is 2. The van der Waals surface area contributed by atoms with Gasteiger partial charge in [-0.1, -0.05) is 56.3 Å². The smallest absolute Gasteiger partial charge is 0.180 e. The maximum absolute atomic E-state index is 10.7. The second-order valence-corrected chi connectivity index (χ2v) is 9.43. The van der Waals surface area contributed by atoms with Crippen LogP contribution in [-0.4, -0.2) is 26.6 Å². The first-order valence-electron chi connectivity index (χ1n) is 12.3. The molecule has 3 heterocycles. The minimum Gasteiger partial charge on any atom is -0.507 e. The Morgan fingerprint density at radius 3 is 2.49 bits per heavy atom. The number of nitrogens with zero attached hydrogens (tertiary/aromatic N) is 4. The lowest BCUT2D eigenvalue weighted by atomic mass is 10.1. The largest absolute Gasteiger partial charge is 0.507 e. The molecule has 0 fully saturated rings. The number of furan rings is 1. The summed E-state index contributed by atoms with van der Waals surface area (Å²) >= 11 is 0. The van der Waals surface area contributed by atoms with Gasteiger partial charge in [0.25, 0.3) is 0 Å². The molecule has 0 saturated carbocycles. The molecule has 6 nitrogen and oxygen atoms in total. The number of aromatic hydroxyl groups is 1. The SMILES string of the molecule is CC(C)CN(c1cccc(-c2nc(-c3ccccc3O)c3oc4ccccc4c3n2)c1)c1ccccn1. The van der Waals surface area contributed by atoms with E-state index in [0.29, 0.717) is 34.1 Å². The molecule has 0 unspecified atom stereocenters. The van der Waals surface area contributed by atoms with E-state index in [9.17, 15) is 5.11 Å². The van der Waals surface area contributed by atoms with Crippen LogP contribution in [0.4, 0.5) is 11.5 Å². The van der Waals surface area contributed by atoms with Gasteiger partial charge in [0, 0.05) is 34.9 Å². The first-order valence-corrected chi connectivity index (χ1v) is 12.3. The highest BCUT2D eigenvalue weighted by molar-refractivity contribution is 6.07. The minimum atomic E-state index is 0.140. The summed E-state index contributed by atoms with van der Waals surface area (Å²) in [6.45, 7) is 5.20. The molecule has 3 aromatic heterocycles. The van der Waals surface area contributed by atoms with Crippen molar-refractivity contribution in [3.8, 4) is 28.4 Å². The van der Waals surface area contributed by atoms with Crippen LogP contribution in [0, 0.1) is 5.92 Å². The number of hydrogen-bond acceptors (Lipinski definition) is 6. The predicted octanol–water partition coefficient (Wildman–Crippen LogP) is 7.60. The molecule has 1 N–H and O–H groups in total. The van der Waals surface area contributed by atoms with E-state index < -0.39 is 0 Å². The monoisotopic (exact) mass is 486 g/mol. The molecule has 0 spiro atoms. The molecular weight excluding hydrogens is 460 g/mol. The second-order valence-electron chi connectivity index (χ2n) is 9.43. The Morgan fingerprint density at radius 2 is 1.68 bits per heavy atom. The Labute approximate surface area is 214 Å². The average Bonchev–Trinajstić information content (AvgIpc) is 3.31. The molecule has 37 heavy (non-hydrogen) atoms. The summed E-state index contributed by atoms with van der Waals surface area (Å²) in [5.41, 5.74) is 5.03. The van der Waals surface area contributed by atoms with Crippen molar-refractivity contribution in [1.29, 1.82) is 0 Å². The maximum Gasteiger partial charge on any atom is 0.180 e. The van der Waals surface area contributed by atoms with E-state index in [4.69, 9.17) is 14.4 Å². The summed E-state index contributed by atoms with van der Waals surface area (Å²) in [6.07, 6.45) is 1.81. The van der Waals surface area contributed by atoms with Crippen LogP contribution in [0.5, 0.6) is 5.75 Å². The Balaban J connectivity index is 1.56. The second kappa shape index (κ2) is 9.39. The highest BCUT2D eigenvalue weighted by Crippen LogP contribution is 2.38. The molecule has 6 aromatic rings. The van der Waals surface area contributed by atoms with Crippen molar-refractivity contribution in [2.24, 2.45) is 5.92 Å². The van der Waals surface area contributed by atoms with Crippen LogP contribution >= 0.6 is 0 Å². The molecular formula is C31H26N4O2. The fourth-order valence-corrected chi connectivity index (χ4v) is 4.60. The quantitative estimate of drug-likeness (QED) is 0.261. The van der Waals surface area contributed by atoms with E-state index in [1.165, 1.54) is 0 Å². The summed E-state index contributed by atoms with van der Waals surface area (Å²) in [7, 11) is 0. The normalized spacial score (nSPS) is 11.4. The fraction of sp³-hybridized carbons (Fsp3) is 0.129. The summed E-state index contributed by atoms with van der Waals surface area (Å²) in [6, 6.07) is 29.1. The van der Waals surface area contributed by atoms with Crippen LogP contribution in [0.2, 0.25) is 0 Å². The Morgan fingerprint density at radius 1 is 0.865 bits per heavy atom. The number of rotatable bonds is 6.